The van der Waals surface area contributed by atoms with E-state index >= 15 is 0 Å². The number of nitrogens with one attached hydrogen (secondary N) is 1. The predicted octanol–water partition coefficient (Wildman–Crippen LogP) is 0.743. The van der Waals surface area contributed by atoms with Crippen molar-refractivity contribution in [3.05, 3.63) is 12.0 Å². The Morgan fingerprint density at radius 3 is 2.74 bits per heavy atom. The number of oxazole rings is 1. The zero-order chi connectivity index (χ0) is 14.3. The van der Waals surface area contributed by atoms with Crippen molar-refractivity contribution in [3.8, 4) is 0 Å². The van der Waals surface area contributed by atoms with Gasteiger partial charge in [0.2, 0.25) is 5.91 Å². The fourth-order valence-corrected chi connectivity index (χ4v) is 1.13. The van der Waals surface area contributed by atoms with Gasteiger partial charge < -0.3 is 13.9 Å². The Bertz CT molecular complexity index is 468. The van der Waals surface area contributed by atoms with E-state index in [1.807, 2.05) is 0 Å². The zero-order valence-corrected chi connectivity index (χ0v) is 10.6. The topological polar surface area (TPSA) is 108 Å². The smallest absolute Gasteiger partial charge is 0.360 e. The van der Waals surface area contributed by atoms with E-state index in [0.717, 1.165) is 6.26 Å². The van der Waals surface area contributed by atoms with Crippen LogP contribution in [0.3, 0.4) is 0 Å². The molecule has 0 saturated carbocycles. The maximum absolute atomic E-state index is 11.4. The molecule has 19 heavy (non-hydrogen) atoms. The second-order valence-corrected chi connectivity index (χ2v) is 3.38. The highest BCUT2D eigenvalue weighted by molar-refractivity contribution is 5.92. The monoisotopic (exact) mass is 270 g/mol. The number of nitrogens with zero attached hydrogens (tertiary/aromatic N) is 1. The Hall–Kier alpha value is -2.38. The fourth-order valence-electron chi connectivity index (χ4n) is 1.13. The first kappa shape index (κ1) is 14.7. The van der Waals surface area contributed by atoms with Crippen LogP contribution < -0.4 is 5.32 Å². The largest absolute Gasteiger partial charge is 0.469 e. The Labute approximate surface area is 109 Å². The third kappa shape index (κ3) is 4.78. The lowest BCUT2D eigenvalue weighted by Crippen LogP contribution is -2.14. The van der Waals surface area contributed by atoms with Crippen molar-refractivity contribution in [1.82, 2.24) is 4.98 Å². The third-order valence-electron chi connectivity index (χ3n) is 2.02. The van der Waals surface area contributed by atoms with Crippen LogP contribution in [-0.4, -0.2) is 36.5 Å². The van der Waals surface area contributed by atoms with Gasteiger partial charge in [-0.25, -0.2) is 4.79 Å². The average molecular weight is 270 g/mol. The number of ether oxygens (including phenoxy) is 2. The molecule has 8 heteroatoms. The number of esters is 2. The number of methoxy groups -OCH3 is 1. The van der Waals surface area contributed by atoms with Crippen LogP contribution in [0.15, 0.2) is 10.7 Å². The van der Waals surface area contributed by atoms with E-state index in [1.165, 1.54) is 7.11 Å². The van der Waals surface area contributed by atoms with Gasteiger partial charge in [0.1, 0.15) is 6.26 Å². The SMILES string of the molecule is CCOC(=O)c1coc(NC(=O)CCC(=O)OC)n1. The van der Waals surface area contributed by atoms with Crippen LogP contribution in [0.2, 0.25) is 0 Å². The number of carbonyl (C=O) groups excluding carboxylic acids is 3. The second-order valence-electron chi connectivity index (χ2n) is 3.38. The summed E-state index contributed by atoms with van der Waals surface area (Å²) in [5.41, 5.74) is -0.0369. The minimum absolute atomic E-state index is 0.0369. The normalized spacial score (nSPS) is 9.79. The number of carbonyl (C=O) groups is 3. The molecule has 0 aliphatic heterocycles. The third-order valence-corrected chi connectivity index (χ3v) is 2.02. The van der Waals surface area contributed by atoms with Gasteiger partial charge in [-0.3, -0.25) is 14.9 Å². The lowest BCUT2D eigenvalue weighted by Gasteiger charge is -1.99. The van der Waals surface area contributed by atoms with E-state index < -0.39 is 17.8 Å². The highest BCUT2D eigenvalue weighted by Crippen LogP contribution is 2.09. The summed E-state index contributed by atoms with van der Waals surface area (Å²) in [6, 6.07) is -0.127. The van der Waals surface area contributed by atoms with E-state index in [1.54, 1.807) is 6.92 Å². The maximum atomic E-state index is 11.4. The number of anilines is 1. The van der Waals surface area contributed by atoms with Crippen molar-refractivity contribution in [1.29, 1.82) is 0 Å². The molecule has 0 bridgehead atoms. The summed E-state index contributed by atoms with van der Waals surface area (Å²) in [5, 5.41) is 2.31. The predicted molar refractivity (Wildman–Crippen MR) is 62.3 cm³/mol. The Morgan fingerprint density at radius 2 is 2.11 bits per heavy atom. The molecule has 0 aliphatic carbocycles. The van der Waals surface area contributed by atoms with Crippen molar-refractivity contribution >= 4 is 23.9 Å². The van der Waals surface area contributed by atoms with Crippen LogP contribution >= 0.6 is 0 Å². The van der Waals surface area contributed by atoms with Crippen LogP contribution in [0.1, 0.15) is 30.3 Å². The molecule has 0 aliphatic rings. The summed E-state index contributed by atoms with van der Waals surface area (Å²) in [4.78, 5) is 37.2. The molecule has 1 aromatic rings. The first-order valence-electron chi connectivity index (χ1n) is 5.56. The van der Waals surface area contributed by atoms with Crippen LogP contribution in [0.25, 0.3) is 0 Å². The van der Waals surface area contributed by atoms with Gasteiger partial charge in [0.25, 0.3) is 0 Å². The molecule has 1 heterocycles. The summed E-state index contributed by atoms with van der Waals surface area (Å²) in [6.07, 6.45) is 0.964. The first-order valence-corrected chi connectivity index (χ1v) is 5.56. The molecular weight excluding hydrogens is 256 g/mol. The van der Waals surface area contributed by atoms with Gasteiger partial charge in [0.05, 0.1) is 20.1 Å². The molecule has 0 unspecified atom stereocenters. The molecule has 0 atom stereocenters. The van der Waals surface area contributed by atoms with E-state index in [2.05, 4.69) is 15.0 Å². The summed E-state index contributed by atoms with van der Waals surface area (Å²) in [6.45, 7) is 1.87. The number of hydrogen-bond donors (Lipinski definition) is 1. The molecular formula is C11H14N2O6. The van der Waals surface area contributed by atoms with E-state index in [9.17, 15) is 14.4 Å². The van der Waals surface area contributed by atoms with Gasteiger partial charge >= 0.3 is 18.0 Å². The summed E-state index contributed by atoms with van der Waals surface area (Å²) in [5.74, 6) is -1.60. The van der Waals surface area contributed by atoms with Crippen LogP contribution in [0, 0.1) is 0 Å². The van der Waals surface area contributed by atoms with Crippen molar-refractivity contribution in [2.24, 2.45) is 0 Å². The molecule has 1 amide bonds. The molecule has 0 spiro atoms. The number of amides is 1. The van der Waals surface area contributed by atoms with E-state index in [4.69, 9.17) is 9.15 Å². The molecule has 1 N–H and O–H groups in total. The first-order chi connectivity index (χ1) is 9.06. The molecule has 104 valence electrons. The molecule has 1 aromatic heterocycles. The van der Waals surface area contributed by atoms with Crippen LogP contribution in [0.5, 0.6) is 0 Å². The summed E-state index contributed by atoms with van der Waals surface area (Å²) < 4.78 is 14.0. The van der Waals surface area contributed by atoms with Gasteiger partial charge in [-0.2, -0.15) is 4.98 Å². The standard InChI is InChI=1S/C11H14N2O6/c1-3-18-10(16)7-6-19-11(12-7)13-8(14)4-5-9(15)17-2/h6H,3-5H2,1-2H3,(H,12,13,14). The average Bonchev–Trinajstić information content (AvgIpc) is 2.84. The molecule has 0 fully saturated rings. The van der Waals surface area contributed by atoms with Crippen LogP contribution in [0.4, 0.5) is 6.01 Å². The Kier molecular flexibility index (Phi) is 5.52. The number of rotatable bonds is 6. The van der Waals surface area contributed by atoms with E-state index in [0.29, 0.717) is 0 Å². The highest BCUT2D eigenvalue weighted by atomic mass is 16.5. The van der Waals surface area contributed by atoms with Gasteiger partial charge in [-0.15, -0.1) is 0 Å². The zero-order valence-electron chi connectivity index (χ0n) is 10.6. The Balaban J connectivity index is 2.47. The lowest BCUT2D eigenvalue weighted by molar-refractivity contribution is -0.141. The number of hydrogen-bond acceptors (Lipinski definition) is 7. The van der Waals surface area contributed by atoms with Gasteiger partial charge in [0, 0.05) is 6.42 Å². The summed E-state index contributed by atoms with van der Waals surface area (Å²) in [7, 11) is 1.24. The second kappa shape index (κ2) is 7.14. The minimum Gasteiger partial charge on any atom is -0.469 e. The van der Waals surface area contributed by atoms with E-state index in [-0.39, 0.29) is 31.2 Å². The fraction of sp³-hybridized carbons (Fsp3) is 0.455. The number of aromatic nitrogens is 1. The molecule has 0 saturated heterocycles. The van der Waals surface area contributed by atoms with Gasteiger partial charge in [-0.1, -0.05) is 0 Å². The molecule has 8 nitrogen and oxygen atoms in total. The van der Waals surface area contributed by atoms with Crippen molar-refractivity contribution in [3.63, 3.8) is 0 Å². The Morgan fingerprint density at radius 1 is 1.37 bits per heavy atom. The van der Waals surface area contributed by atoms with Crippen molar-refractivity contribution in [2.45, 2.75) is 19.8 Å². The maximum Gasteiger partial charge on any atom is 0.360 e. The van der Waals surface area contributed by atoms with Crippen molar-refractivity contribution < 1.29 is 28.3 Å². The summed E-state index contributed by atoms with van der Waals surface area (Å²) >= 11 is 0. The molecule has 1 rings (SSSR count). The van der Waals surface area contributed by atoms with Gasteiger partial charge in [0.15, 0.2) is 5.69 Å². The molecule has 0 aromatic carbocycles. The highest BCUT2D eigenvalue weighted by Gasteiger charge is 2.15. The minimum atomic E-state index is -0.638. The van der Waals surface area contributed by atoms with Crippen LogP contribution in [-0.2, 0) is 19.1 Å². The van der Waals surface area contributed by atoms with Crippen molar-refractivity contribution in [2.75, 3.05) is 19.0 Å². The quantitative estimate of drug-likeness (QED) is 0.759. The lowest BCUT2D eigenvalue weighted by atomic mass is 10.3. The molecule has 0 radical (unpaired) electrons. The van der Waals surface area contributed by atoms with Gasteiger partial charge in [-0.05, 0) is 6.92 Å².